The first-order valence-corrected chi connectivity index (χ1v) is 14.7. The van der Waals surface area contributed by atoms with Gasteiger partial charge in [-0.25, -0.2) is 0 Å². The fraction of sp³-hybridized carbons (Fsp3) is 0.567. The number of nitrogens with zero attached hydrogens (tertiary/aromatic N) is 3. The van der Waals surface area contributed by atoms with Crippen LogP contribution < -0.4 is 4.90 Å². The Balaban J connectivity index is 1.45. The highest BCUT2D eigenvalue weighted by Gasteiger charge is 2.39. The van der Waals surface area contributed by atoms with E-state index in [2.05, 4.69) is 42.7 Å². The van der Waals surface area contributed by atoms with Crippen molar-refractivity contribution in [1.29, 1.82) is 0 Å². The monoisotopic (exact) mass is 579 g/mol. The number of carbonyl (C=O) groups excluding carboxylic acids is 1. The van der Waals surface area contributed by atoms with E-state index >= 15 is 0 Å². The van der Waals surface area contributed by atoms with Gasteiger partial charge in [-0.15, -0.1) is 0 Å². The second-order valence-corrected chi connectivity index (χ2v) is 13.6. The Morgan fingerprint density at radius 3 is 2.16 bits per heavy atom. The lowest BCUT2D eigenvalue weighted by atomic mass is 9.80. The molecular weight excluding hydrogens is 541 g/mol. The Hall–Kier alpha value is -1.50. The Bertz CT molecular complexity index is 1110. The van der Waals surface area contributed by atoms with Crippen LogP contribution in [0.2, 0.25) is 15.1 Å². The molecule has 2 saturated heterocycles. The zero-order valence-electron chi connectivity index (χ0n) is 22.9. The second kappa shape index (κ2) is 11.9. The molecule has 38 heavy (non-hydrogen) atoms. The molecule has 1 N–H and O–H groups in total. The molecule has 0 saturated carbocycles. The predicted molar refractivity (Wildman–Crippen MR) is 158 cm³/mol. The first-order chi connectivity index (χ1) is 17.8. The Kier molecular flexibility index (Phi) is 9.26. The molecule has 1 amide bonds. The van der Waals surface area contributed by atoms with Gasteiger partial charge in [0.15, 0.2) is 0 Å². The van der Waals surface area contributed by atoms with E-state index in [1.807, 2.05) is 36.1 Å². The van der Waals surface area contributed by atoms with Crippen LogP contribution in [-0.4, -0.2) is 65.7 Å². The number of amides is 1. The van der Waals surface area contributed by atoms with Gasteiger partial charge in [-0.05, 0) is 67.0 Å². The highest BCUT2D eigenvalue weighted by Crippen LogP contribution is 2.38. The number of piperazine rings is 1. The average molecular weight is 581 g/mol. The van der Waals surface area contributed by atoms with Crippen LogP contribution in [0.1, 0.15) is 58.6 Å². The number of halogens is 3. The van der Waals surface area contributed by atoms with Crippen LogP contribution in [-0.2, 0) is 4.79 Å². The molecule has 2 aliphatic rings. The highest BCUT2D eigenvalue weighted by atomic mass is 35.5. The zero-order valence-corrected chi connectivity index (χ0v) is 25.2. The zero-order chi connectivity index (χ0) is 27.7. The van der Waals surface area contributed by atoms with Crippen molar-refractivity contribution in [3.63, 3.8) is 0 Å². The van der Waals surface area contributed by atoms with Gasteiger partial charge >= 0.3 is 0 Å². The molecule has 8 heteroatoms. The van der Waals surface area contributed by atoms with Gasteiger partial charge in [0.05, 0.1) is 22.4 Å². The molecule has 5 nitrogen and oxygen atoms in total. The third-order valence-electron chi connectivity index (χ3n) is 7.89. The molecule has 2 atom stereocenters. The molecule has 0 radical (unpaired) electrons. The van der Waals surface area contributed by atoms with Crippen LogP contribution in [0, 0.1) is 11.3 Å². The van der Waals surface area contributed by atoms with E-state index in [0.29, 0.717) is 41.1 Å². The minimum atomic E-state index is -0.843. The largest absolute Gasteiger partial charge is 0.389 e. The van der Waals surface area contributed by atoms with E-state index in [9.17, 15) is 9.90 Å². The maximum absolute atomic E-state index is 12.7. The van der Waals surface area contributed by atoms with Crippen molar-refractivity contribution in [3.05, 3.63) is 63.1 Å². The number of rotatable bonds is 6. The maximum Gasteiger partial charge on any atom is 0.223 e. The van der Waals surface area contributed by atoms with Crippen molar-refractivity contribution in [2.24, 2.45) is 11.3 Å². The smallest absolute Gasteiger partial charge is 0.223 e. The molecule has 2 fully saturated rings. The molecule has 0 aromatic heterocycles. The van der Waals surface area contributed by atoms with Crippen molar-refractivity contribution in [2.45, 2.75) is 58.6 Å². The molecule has 0 aliphatic carbocycles. The number of carbonyl (C=O) groups is 1. The van der Waals surface area contributed by atoms with E-state index in [-0.39, 0.29) is 23.3 Å². The standard InChI is InChI=1S/C30H40Cl3N3O2/c1-29(2,3)18-28(37)35-13-11-22(12-14-35)30(4,38)20-34-15-16-36(26-10-9-24(32)17-25(26)33)27(19-34)21-5-7-23(31)8-6-21/h5-10,17,22,27,38H,11-16,18-20H2,1-4H3. The number of aliphatic hydroxyl groups is 1. The number of hydrogen-bond donors (Lipinski definition) is 1. The lowest BCUT2D eigenvalue weighted by Gasteiger charge is -2.47. The van der Waals surface area contributed by atoms with E-state index < -0.39 is 5.60 Å². The summed E-state index contributed by atoms with van der Waals surface area (Å²) < 4.78 is 0. The van der Waals surface area contributed by atoms with Gasteiger partial charge in [0.2, 0.25) is 5.91 Å². The summed E-state index contributed by atoms with van der Waals surface area (Å²) in [5.74, 6) is 0.372. The van der Waals surface area contributed by atoms with Crippen LogP contribution >= 0.6 is 34.8 Å². The van der Waals surface area contributed by atoms with Gasteiger partial charge in [0, 0.05) is 55.7 Å². The number of likely N-dealkylation sites (tertiary alicyclic amines) is 1. The lowest BCUT2D eigenvalue weighted by Crippen LogP contribution is -2.55. The Labute approximate surface area is 242 Å². The van der Waals surface area contributed by atoms with Gasteiger partial charge in [0.1, 0.15) is 0 Å². The molecule has 208 valence electrons. The minimum Gasteiger partial charge on any atom is -0.389 e. The summed E-state index contributed by atoms with van der Waals surface area (Å²) in [6.07, 6.45) is 2.20. The molecule has 2 unspecified atom stereocenters. The van der Waals surface area contributed by atoms with Gasteiger partial charge in [-0.3, -0.25) is 9.69 Å². The number of benzene rings is 2. The number of piperidine rings is 1. The summed E-state index contributed by atoms with van der Waals surface area (Å²) in [4.78, 5) is 19.4. The first kappa shape index (κ1) is 29.5. The van der Waals surface area contributed by atoms with E-state index in [4.69, 9.17) is 34.8 Å². The molecule has 2 aliphatic heterocycles. The third-order valence-corrected chi connectivity index (χ3v) is 8.68. The molecule has 0 spiro atoms. The number of hydrogen-bond acceptors (Lipinski definition) is 4. The van der Waals surface area contributed by atoms with Crippen molar-refractivity contribution in [2.75, 3.05) is 44.2 Å². The van der Waals surface area contributed by atoms with E-state index in [0.717, 1.165) is 43.7 Å². The second-order valence-electron chi connectivity index (χ2n) is 12.3. The van der Waals surface area contributed by atoms with Gasteiger partial charge in [-0.1, -0.05) is 67.7 Å². The number of anilines is 1. The predicted octanol–water partition coefficient (Wildman–Crippen LogP) is 6.94. The molecule has 0 bridgehead atoms. The maximum atomic E-state index is 12.7. The van der Waals surface area contributed by atoms with Gasteiger partial charge < -0.3 is 14.9 Å². The van der Waals surface area contributed by atoms with Crippen LogP contribution in [0.3, 0.4) is 0 Å². The fourth-order valence-corrected chi connectivity index (χ4v) is 6.50. The van der Waals surface area contributed by atoms with E-state index in [1.54, 1.807) is 6.07 Å². The Morgan fingerprint density at radius 1 is 0.921 bits per heavy atom. The molecular formula is C30H40Cl3N3O2. The summed E-state index contributed by atoms with van der Waals surface area (Å²) in [5.41, 5.74) is 1.24. The van der Waals surface area contributed by atoms with Crippen LogP contribution in [0.5, 0.6) is 0 Å². The summed E-state index contributed by atoms with van der Waals surface area (Å²) in [6.45, 7) is 12.6. The summed E-state index contributed by atoms with van der Waals surface area (Å²) >= 11 is 19.0. The number of β-amino-alcohol motifs (C(OH)–C–C–N with tert-alkyl or cyclic N) is 1. The summed E-state index contributed by atoms with van der Waals surface area (Å²) in [5, 5.41) is 13.6. The topological polar surface area (TPSA) is 47.0 Å². The first-order valence-electron chi connectivity index (χ1n) is 13.5. The lowest BCUT2D eigenvalue weighted by molar-refractivity contribution is -0.136. The Morgan fingerprint density at radius 2 is 1.55 bits per heavy atom. The molecule has 2 heterocycles. The van der Waals surface area contributed by atoms with Crippen molar-refractivity contribution >= 4 is 46.4 Å². The van der Waals surface area contributed by atoms with Crippen molar-refractivity contribution in [1.82, 2.24) is 9.80 Å². The van der Waals surface area contributed by atoms with Crippen LogP contribution in [0.15, 0.2) is 42.5 Å². The van der Waals surface area contributed by atoms with Crippen molar-refractivity contribution < 1.29 is 9.90 Å². The van der Waals surface area contributed by atoms with Crippen LogP contribution in [0.4, 0.5) is 5.69 Å². The minimum absolute atomic E-state index is 0.0154. The SMILES string of the molecule is CC(C)(C)CC(=O)N1CCC(C(C)(O)CN2CCN(c3ccc(Cl)cc3Cl)C(c3ccc(Cl)cc3)C2)CC1. The quantitative estimate of drug-likeness (QED) is 0.402. The van der Waals surface area contributed by atoms with Crippen molar-refractivity contribution in [3.8, 4) is 0 Å². The molecule has 2 aromatic carbocycles. The van der Waals surface area contributed by atoms with E-state index in [1.165, 1.54) is 0 Å². The highest BCUT2D eigenvalue weighted by molar-refractivity contribution is 6.36. The average Bonchev–Trinajstić information content (AvgIpc) is 2.84. The summed E-state index contributed by atoms with van der Waals surface area (Å²) in [6, 6.07) is 13.7. The molecule has 2 aromatic rings. The summed E-state index contributed by atoms with van der Waals surface area (Å²) in [7, 11) is 0. The fourth-order valence-electron chi connectivity index (χ4n) is 5.85. The third kappa shape index (κ3) is 7.37. The van der Waals surface area contributed by atoms with Gasteiger partial charge in [-0.2, -0.15) is 0 Å². The normalized spacial score (nSPS) is 21.4. The van der Waals surface area contributed by atoms with Gasteiger partial charge in [0.25, 0.3) is 0 Å². The molecule has 4 rings (SSSR count). The van der Waals surface area contributed by atoms with Crippen LogP contribution in [0.25, 0.3) is 0 Å².